The third-order valence-corrected chi connectivity index (χ3v) is 6.28. The topological polar surface area (TPSA) is 23.5 Å². The number of hydrogen-bond acceptors (Lipinski definition) is 2. The quantitative estimate of drug-likeness (QED) is 0.822. The molecule has 2 nitrogen and oxygen atoms in total. The third-order valence-electron chi connectivity index (χ3n) is 6.28. The van der Waals surface area contributed by atoms with Crippen molar-refractivity contribution in [1.29, 1.82) is 0 Å². The highest BCUT2D eigenvalue weighted by molar-refractivity contribution is 5.85. The molecule has 1 saturated carbocycles. The molecule has 1 aromatic carbocycles. The minimum Gasteiger partial charge on any atom is -0.391 e. The molecule has 1 aliphatic heterocycles. The first-order chi connectivity index (χ1) is 10.9. The van der Waals surface area contributed by atoms with Crippen molar-refractivity contribution in [3.05, 3.63) is 35.9 Å². The molecule has 1 heterocycles. The van der Waals surface area contributed by atoms with Gasteiger partial charge >= 0.3 is 0 Å². The number of nitrogens with zero attached hydrogens (tertiary/aromatic N) is 1. The fourth-order valence-corrected chi connectivity index (χ4v) is 4.60. The molecular formula is C21H34ClNO. The fourth-order valence-electron chi connectivity index (χ4n) is 4.60. The maximum atomic E-state index is 10.5. The lowest BCUT2D eigenvalue weighted by atomic mass is 9.69. The van der Waals surface area contributed by atoms with Crippen LogP contribution in [0.1, 0.15) is 64.4 Å². The van der Waals surface area contributed by atoms with Crippen LogP contribution in [0.25, 0.3) is 0 Å². The Balaban J connectivity index is 0.00000208. The highest BCUT2D eigenvalue weighted by Gasteiger charge is 2.38. The van der Waals surface area contributed by atoms with Gasteiger partial charge in [-0.15, -0.1) is 12.4 Å². The Hall–Kier alpha value is -0.570. The highest BCUT2D eigenvalue weighted by Crippen LogP contribution is 2.40. The van der Waals surface area contributed by atoms with E-state index < -0.39 is 0 Å². The van der Waals surface area contributed by atoms with E-state index in [1.165, 1.54) is 31.2 Å². The minimum absolute atomic E-state index is 0. The van der Waals surface area contributed by atoms with Crippen LogP contribution in [0, 0.1) is 11.3 Å². The molecule has 0 aromatic heterocycles. The zero-order chi connectivity index (χ0) is 16.4. The van der Waals surface area contributed by atoms with Crippen LogP contribution in [-0.2, 0) is 0 Å². The number of aliphatic hydroxyl groups excluding tert-OH is 1. The Bertz CT molecular complexity index is 490. The lowest BCUT2D eigenvalue weighted by Crippen LogP contribution is -2.51. The molecule has 2 aliphatic rings. The van der Waals surface area contributed by atoms with E-state index in [0.29, 0.717) is 17.4 Å². The average molecular weight is 352 g/mol. The van der Waals surface area contributed by atoms with E-state index in [4.69, 9.17) is 0 Å². The highest BCUT2D eigenvalue weighted by atomic mass is 35.5. The molecule has 3 rings (SSSR count). The molecule has 0 bridgehead atoms. The van der Waals surface area contributed by atoms with Gasteiger partial charge in [-0.3, -0.25) is 4.90 Å². The molecule has 0 spiro atoms. The summed E-state index contributed by atoms with van der Waals surface area (Å²) < 4.78 is 0. The molecule has 2 fully saturated rings. The Morgan fingerprint density at radius 2 is 1.58 bits per heavy atom. The maximum Gasteiger partial charge on any atom is 0.0695 e. The normalized spacial score (nSPS) is 29.9. The summed E-state index contributed by atoms with van der Waals surface area (Å²) in [5.74, 6) is 1.44. The van der Waals surface area contributed by atoms with Crippen LogP contribution in [0.3, 0.4) is 0 Å². The van der Waals surface area contributed by atoms with Crippen LogP contribution in [0.2, 0.25) is 0 Å². The summed E-state index contributed by atoms with van der Waals surface area (Å²) in [5, 5.41) is 10.5. The zero-order valence-corrected chi connectivity index (χ0v) is 16.3. The second kappa shape index (κ2) is 8.21. The summed E-state index contributed by atoms with van der Waals surface area (Å²) in [6, 6.07) is 11.3. The van der Waals surface area contributed by atoms with Crippen LogP contribution in [-0.4, -0.2) is 35.2 Å². The van der Waals surface area contributed by atoms with E-state index in [1.807, 2.05) is 0 Å². The second-order valence-corrected chi connectivity index (χ2v) is 8.73. The standard InChI is InChI=1S/C21H33NO.ClH/c1-21(2,3)18-9-10-20(23)19(15-18)22-13-11-17(12-14-22)16-7-5-4-6-8-16;/h4-8,17-20,23H,9-15H2,1-3H3;1H/t18-,19+,20+;/m1./s1. The van der Waals surface area contributed by atoms with Crippen molar-refractivity contribution in [3.63, 3.8) is 0 Å². The van der Waals surface area contributed by atoms with Gasteiger partial charge in [-0.1, -0.05) is 51.1 Å². The summed E-state index contributed by atoms with van der Waals surface area (Å²) >= 11 is 0. The maximum absolute atomic E-state index is 10.5. The van der Waals surface area contributed by atoms with Crippen molar-refractivity contribution >= 4 is 12.4 Å². The number of rotatable bonds is 2. The van der Waals surface area contributed by atoms with Crippen LogP contribution >= 0.6 is 12.4 Å². The van der Waals surface area contributed by atoms with E-state index in [1.54, 1.807) is 0 Å². The molecule has 0 amide bonds. The SMILES string of the molecule is CC(C)(C)[C@@H]1CC[C@H](O)[C@@H](N2CCC(c3ccccc3)CC2)C1.Cl. The van der Waals surface area contributed by atoms with Gasteiger partial charge in [-0.05, 0) is 68.0 Å². The first kappa shape index (κ1) is 19.8. The summed E-state index contributed by atoms with van der Waals surface area (Å²) in [6.07, 6.45) is 5.66. The molecule has 3 heteroatoms. The molecule has 3 atom stereocenters. The Kier molecular flexibility index (Phi) is 6.75. The first-order valence-electron chi connectivity index (χ1n) is 9.42. The molecule has 0 unspecified atom stereocenters. The van der Waals surface area contributed by atoms with Gasteiger partial charge in [0.2, 0.25) is 0 Å². The van der Waals surface area contributed by atoms with Crippen LogP contribution < -0.4 is 0 Å². The second-order valence-electron chi connectivity index (χ2n) is 8.73. The van der Waals surface area contributed by atoms with Crippen LogP contribution in [0.15, 0.2) is 30.3 Å². The number of aliphatic hydroxyl groups is 1. The van der Waals surface area contributed by atoms with Crippen molar-refractivity contribution in [1.82, 2.24) is 4.90 Å². The molecule has 136 valence electrons. The van der Waals surface area contributed by atoms with E-state index >= 15 is 0 Å². The lowest BCUT2D eigenvalue weighted by Gasteiger charge is -2.46. The summed E-state index contributed by atoms with van der Waals surface area (Å²) in [7, 11) is 0. The zero-order valence-electron chi connectivity index (χ0n) is 15.4. The third kappa shape index (κ3) is 4.53. The number of likely N-dealkylation sites (tertiary alicyclic amines) is 1. The molecule has 1 saturated heterocycles. The van der Waals surface area contributed by atoms with Gasteiger partial charge in [-0.25, -0.2) is 0 Å². The van der Waals surface area contributed by atoms with Crippen molar-refractivity contribution in [2.45, 2.75) is 70.9 Å². The Morgan fingerprint density at radius 3 is 2.17 bits per heavy atom. The summed E-state index contributed by atoms with van der Waals surface area (Å²) in [5.41, 5.74) is 1.85. The van der Waals surface area contributed by atoms with Gasteiger partial charge in [0.05, 0.1) is 6.10 Å². The van der Waals surface area contributed by atoms with Crippen LogP contribution in [0.5, 0.6) is 0 Å². The predicted molar refractivity (Wildman–Crippen MR) is 104 cm³/mol. The smallest absolute Gasteiger partial charge is 0.0695 e. The largest absolute Gasteiger partial charge is 0.391 e. The number of halogens is 1. The van der Waals surface area contributed by atoms with Gasteiger partial charge < -0.3 is 5.11 Å². The predicted octanol–water partition coefficient (Wildman–Crippen LogP) is 4.86. The molecule has 1 aliphatic carbocycles. The number of benzene rings is 1. The molecule has 1 aromatic rings. The number of hydrogen-bond donors (Lipinski definition) is 1. The van der Waals surface area contributed by atoms with Gasteiger partial charge in [0.15, 0.2) is 0 Å². The molecule has 24 heavy (non-hydrogen) atoms. The van der Waals surface area contributed by atoms with Crippen molar-refractivity contribution in [2.24, 2.45) is 11.3 Å². The molecular weight excluding hydrogens is 318 g/mol. The van der Waals surface area contributed by atoms with Crippen LogP contribution in [0.4, 0.5) is 0 Å². The van der Waals surface area contributed by atoms with Crippen molar-refractivity contribution < 1.29 is 5.11 Å². The van der Waals surface area contributed by atoms with Gasteiger partial charge in [0, 0.05) is 6.04 Å². The van der Waals surface area contributed by atoms with Gasteiger partial charge in [0.25, 0.3) is 0 Å². The average Bonchev–Trinajstić information content (AvgIpc) is 2.55. The molecule has 0 radical (unpaired) electrons. The monoisotopic (exact) mass is 351 g/mol. The van der Waals surface area contributed by atoms with Crippen molar-refractivity contribution in [3.8, 4) is 0 Å². The lowest BCUT2D eigenvalue weighted by molar-refractivity contribution is -0.0250. The molecule has 1 N–H and O–H groups in total. The fraction of sp³-hybridized carbons (Fsp3) is 0.714. The van der Waals surface area contributed by atoms with E-state index in [0.717, 1.165) is 25.4 Å². The number of piperidine rings is 1. The summed E-state index contributed by atoms with van der Waals surface area (Å²) in [6.45, 7) is 9.34. The first-order valence-corrected chi connectivity index (χ1v) is 9.42. The minimum atomic E-state index is -0.123. The van der Waals surface area contributed by atoms with Crippen molar-refractivity contribution in [2.75, 3.05) is 13.1 Å². The van der Waals surface area contributed by atoms with E-state index in [2.05, 4.69) is 56.0 Å². The Morgan fingerprint density at radius 1 is 0.958 bits per heavy atom. The van der Waals surface area contributed by atoms with E-state index in [-0.39, 0.29) is 18.5 Å². The van der Waals surface area contributed by atoms with Gasteiger partial charge in [0.1, 0.15) is 0 Å². The Labute approximate surface area is 154 Å². The van der Waals surface area contributed by atoms with E-state index in [9.17, 15) is 5.11 Å². The van der Waals surface area contributed by atoms with Gasteiger partial charge in [-0.2, -0.15) is 0 Å². The summed E-state index contributed by atoms with van der Waals surface area (Å²) in [4.78, 5) is 2.59.